The number of alkyl halides is 3. The Labute approximate surface area is 241 Å². The van der Waals surface area contributed by atoms with Crippen molar-refractivity contribution in [3.8, 4) is 6.07 Å². The van der Waals surface area contributed by atoms with Crippen LogP contribution in [-0.2, 0) is 9.59 Å². The Kier molecular flexibility index (Phi) is 7.23. The van der Waals surface area contributed by atoms with Crippen LogP contribution in [0.15, 0.2) is 11.6 Å². The number of allylic oxidation sites excluding steroid dienone is 2. The second kappa shape index (κ2) is 9.59. The third-order valence-electron chi connectivity index (χ3n) is 12.6. The number of nitriles is 1. The number of Topliss-reactive ketones (excluding diaryl/α,β-unsaturated/α-hetero) is 2. The molecule has 0 saturated heterocycles. The smallest absolute Gasteiger partial charge is 0.299 e. The van der Waals surface area contributed by atoms with Gasteiger partial charge in [0, 0.05) is 24.3 Å². The second-order valence-electron chi connectivity index (χ2n) is 15.6. The Hall–Kier alpha value is -1.33. The third kappa shape index (κ3) is 4.60. The Morgan fingerprint density at radius 3 is 2.35 bits per heavy atom. The average Bonchev–Trinajstić information content (AvgIpc) is 2.84. The highest BCUT2D eigenvalue weighted by molar-refractivity contribution is 7.97. The average molecular weight is 579 g/mol. The van der Waals surface area contributed by atoms with Gasteiger partial charge >= 0.3 is 6.18 Å². The summed E-state index contributed by atoms with van der Waals surface area (Å²) >= 11 is 0.746. The van der Waals surface area contributed by atoms with Gasteiger partial charge in [-0.15, -0.1) is 0 Å². The lowest BCUT2D eigenvalue weighted by atomic mass is 9.35. The van der Waals surface area contributed by atoms with Gasteiger partial charge in [0.05, 0.1) is 5.57 Å². The molecule has 5 aliphatic rings. The molecule has 4 saturated carbocycles. The van der Waals surface area contributed by atoms with Crippen molar-refractivity contribution in [3.63, 3.8) is 0 Å². The van der Waals surface area contributed by atoms with Crippen LogP contribution in [-0.4, -0.2) is 30.0 Å². The first kappa shape index (κ1) is 30.1. The van der Waals surface area contributed by atoms with Crippen LogP contribution in [0.5, 0.6) is 0 Å². The molecule has 8 unspecified atom stereocenters. The van der Waals surface area contributed by atoms with Gasteiger partial charge < -0.3 is 0 Å². The van der Waals surface area contributed by atoms with E-state index in [4.69, 9.17) is 0 Å². The van der Waals surface area contributed by atoms with Crippen LogP contribution in [0.2, 0.25) is 0 Å². The van der Waals surface area contributed by atoms with Crippen molar-refractivity contribution in [2.75, 3.05) is 12.3 Å². The van der Waals surface area contributed by atoms with Crippen molar-refractivity contribution in [2.45, 2.75) is 99.1 Å². The lowest BCUT2D eigenvalue weighted by Crippen LogP contribution is -2.65. The first-order valence-corrected chi connectivity index (χ1v) is 16.0. The normalized spacial score (nSPS) is 43.9. The maximum absolute atomic E-state index is 14.4. The van der Waals surface area contributed by atoms with Gasteiger partial charge in [-0.3, -0.25) is 14.3 Å². The van der Waals surface area contributed by atoms with Gasteiger partial charge in [-0.25, -0.2) is 0 Å². The van der Waals surface area contributed by atoms with Crippen molar-refractivity contribution >= 4 is 23.5 Å². The van der Waals surface area contributed by atoms with Crippen molar-refractivity contribution < 1.29 is 22.8 Å². The van der Waals surface area contributed by atoms with E-state index in [0.717, 1.165) is 56.9 Å². The molecule has 40 heavy (non-hydrogen) atoms. The number of carbonyl (C=O) groups is 2. The van der Waals surface area contributed by atoms with E-state index in [0.29, 0.717) is 18.7 Å². The number of nitrogens with zero attached hydrogens (tertiary/aromatic N) is 1. The van der Waals surface area contributed by atoms with Crippen molar-refractivity contribution in [3.05, 3.63) is 11.6 Å². The summed E-state index contributed by atoms with van der Waals surface area (Å²) in [5.74, 6) is -0.270. The number of nitrogens with one attached hydrogen (secondary N) is 1. The van der Waals surface area contributed by atoms with Crippen LogP contribution >= 0.6 is 11.9 Å². The molecule has 1 N–H and O–H groups in total. The van der Waals surface area contributed by atoms with Crippen LogP contribution in [0.3, 0.4) is 0 Å². The molecular weight excluding hydrogens is 533 g/mol. The van der Waals surface area contributed by atoms with E-state index < -0.39 is 22.8 Å². The summed E-state index contributed by atoms with van der Waals surface area (Å²) in [6.07, 6.45) is 4.73. The molecule has 0 aromatic rings. The first-order valence-electron chi connectivity index (χ1n) is 15.0. The number of rotatable bonds is 4. The fourth-order valence-electron chi connectivity index (χ4n) is 10.7. The molecule has 5 rings (SSSR count). The fraction of sp³-hybridized carbons (Fsp3) is 0.844. The monoisotopic (exact) mass is 578 g/mol. The van der Waals surface area contributed by atoms with Crippen molar-refractivity contribution in [1.29, 1.82) is 5.26 Å². The SMILES string of the molecule is CC1(C)CCC2(CNSCC(F)(F)F)CCC3C(C(=O)CC4C5(C)C=C(C#N)C(=O)C(C)(C)C5CCC34C)C2C1. The zero-order valence-corrected chi connectivity index (χ0v) is 25.7. The highest BCUT2D eigenvalue weighted by Crippen LogP contribution is 2.71. The van der Waals surface area contributed by atoms with E-state index in [1.807, 2.05) is 19.9 Å². The molecule has 0 aromatic carbocycles. The molecule has 0 spiro atoms. The van der Waals surface area contributed by atoms with Gasteiger partial charge in [0.15, 0.2) is 5.78 Å². The Balaban J connectivity index is 1.49. The van der Waals surface area contributed by atoms with Gasteiger partial charge in [-0.05, 0) is 90.3 Å². The van der Waals surface area contributed by atoms with Crippen molar-refractivity contribution in [1.82, 2.24) is 4.72 Å². The summed E-state index contributed by atoms with van der Waals surface area (Å²) in [5, 5.41) is 9.86. The van der Waals surface area contributed by atoms with E-state index in [1.54, 1.807) is 0 Å². The van der Waals surface area contributed by atoms with E-state index >= 15 is 0 Å². The van der Waals surface area contributed by atoms with Gasteiger partial charge in [0.1, 0.15) is 17.6 Å². The molecule has 0 aromatic heterocycles. The standard InChI is InChI=1S/C32H45F3N2O2S/c1-27(2)11-12-31(17-37-40-18-32(33,34)35)10-7-20-25(21(31)15-27)22(38)13-24-29(20,5)9-8-23-28(3,4)26(39)19(16-36)14-30(23,24)6/h14,20-21,23-25,37H,7-13,15,17-18H2,1-6H3. The van der Waals surface area contributed by atoms with E-state index in [9.17, 15) is 28.0 Å². The maximum atomic E-state index is 14.4. The maximum Gasteiger partial charge on any atom is 0.399 e. The van der Waals surface area contributed by atoms with E-state index in [-0.39, 0.29) is 57.2 Å². The molecule has 4 fully saturated rings. The Morgan fingerprint density at radius 1 is 1.00 bits per heavy atom. The predicted octanol–water partition coefficient (Wildman–Crippen LogP) is 7.70. The van der Waals surface area contributed by atoms with Crippen LogP contribution < -0.4 is 4.72 Å². The molecule has 0 radical (unpaired) electrons. The zero-order valence-electron chi connectivity index (χ0n) is 24.8. The molecular formula is C32H45F3N2O2S. The minimum Gasteiger partial charge on any atom is -0.299 e. The summed E-state index contributed by atoms with van der Waals surface area (Å²) in [7, 11) is 0. The molecule has 0 bridgehead atoms. The Bertz CT molecular complexity index is 1160. The summed E-state index contributed by atoms with van der Waals surface area (Å²) in [4.78, 5) is 27.6. The van der Waals surface area contributed by atoms with Crippen LogP contribution in [0, 0.1) is 68.0 Å². The molecule has 0 amide bonds. The molecule has 8 atom stereocenters. The van der Waals surface area contributed by atoms with Gasteiger partial charge in [0.2, 0.25) is 0 Å². The Morgan fingerprint density at radius 2 is 1.70 bits per heavy atom. The van der Waals surface area contributed by atoms with Crippen LogP contribution in [0.1, 0.15) is 92.9 Å². The summed E-state index contributed by atoms with van der Waals surface area (Å²) in [6, 6.07) is 2.18. The molecule has 8 heteroatoms. The minimum absolute atomic E-state index is 0.0628. The highest BCUT2D eigenvalue weighted by Gasteiger charge is 2.68. The topological polar surface area (TPSA) is 70.0 Å². The van der Waals surface area contributed by atoms with Crippen LogP contribution in [0.4, 0.5) is 13.2 Å². The van der Waals surface area contributed by atoms with E-state index in [2.05, 4.69) is 38.5 Å². The number of hydrogen-bond donors (Lipinski definition) is 1. The summed E-state index contributed by atoms with van der Waals surface area (Å²) < 4.78 is 41.6. The van der Waals surface area contributed by atoms with Crippen LogP contribution in [0.25, 0.3) is 0 Å². The quantitative estimate of drug-likeness (QED) is 0.274. The van der Waals surface area contributed by atoms with Gasteiger partial charge in [-0.1, -0.05) is 59.6 Å². The fourth-order valence-corrected chi connectivity index (χ4v) is 11.3. The second-order valence-corrected chi connectivity index (χ2v) is 16.5. The predicted molar refractivity (Wildman–Crippen MR) is 151 cm³/mol. The van der Waals surface area contributed by atoms with E-state index in [1.165, 1.54) is 0 Å². The lowest BCUT2D eigenvalue weighted by Gasteiger charge is -2.68. The van der Waals surface area contributed by atoms with Gasteiger partial charge in [-0.2, -0.15) is 18.4 Å². The number of ketones is 2. The van der Waals surface area contributed by atoms with Crippen molar-refractivity contribution in [2.24, 2.45) is 56.7 Å². The third-order valence-corrected chi connectivity index (χ3v) is 13.4. The number of halogens is 3. The molecule has 5 aliphatic carbocycles. The molecule has 0 heterocycles. The minimum atomic E-state index is -4.21. The highest BCUT2D eigenvalue weighted by atomic mass is 32.2. The molecule has 0 aliphatic heterocycles. The zero-order chi connectivity index (χ0) is 29.5. The summed E-state index contributed by atoms with van der Waals surface area (Å²) in [6.45, 7) is 13.6. The summed E-state index contributed by atoms with van der Waals surface area (Å²) in [5.41, 5.74) is -0.987. The lowest BCUT2D eigenvalue weighted by molar-refractivity contribution is -0.189. The number of hydrogen-bond acceptors (Lipinski definition) is 5. The number of fused-ring (bicyclic) bond motifs is 7. The molecule has 4 nitrogen and oxygen atoms in total. The first-order chi connectivity index (χ1) is 18.4. The molecule has 222 valence electrons. The van der Waals surface area contributed by atoms with Gasteiger partial charge in [0.25, 0.3) is 0 Å². The largest absolute Gasteiger partial charge is 0.399 e. The number of carbonyl (C=O) groups excluding carboxylic acids is 2.